The van der Waals surface area contributed by atoms with Gasteiger partial charge in [-0.1, -0.05) is 38.2 Å². The Bertz CT molecular complexity index is 243. The normalized spacial score (nSPS) is 35.3. The number of aliphatic imine (C=N–C) groups is 1. The van der Waals surface area contributed by atoms with Crippen LogP contribution in [-0.2, 0) is 0 Å². The maximum atomic E-state index is 10.0. The molecule has 2 heteroatoms. The van der Waals surface area contributed by atoms with E-state index >= 15 is 0 Å². The van der Waals surface area contributed by atoms with Gasteiger partial charge in [0, 0.05) is 11.6 Å². The summed E-state index contributed by atoms with van der Waals surface area (Å²) in [6.45, 7) is 10.0. The number of rotatable bonds is 0. The molecule has 1 atom stereocenters. The second-order valence-electron chi connectivity index (χ2n) is 5.63. The van der Waals surface area contributed by atoms with Crippen LogP contribution in [0, 0.1) is 5.41 Å². The van der Waals surface area contributed by atoms with Crippen LogP contribution >= 0.6 is 0 Å². The van der Waals surface area contributed by atoms with E-state index in [0.717, 1.165) is 0 Å². The lowest BCUT2D eigenvalue weighted by atomic mass is 9.89. The van der Waals surface area contributed by atoms with Crippen molar-refractivity contribution >= 4 is 6.21 Å². The van der Waals surface area contributed by atoms with Gasteiger partial charge in [-0.2, -0.15) is 0 Å². The van der Waals surface area contributed by atoms with Crippen LogP contribution in [0.25, 0.3) is 0 Å². The molecule has 15 heavy (non-hydrogen) atoms. The van der Waals surface area contributed by atoms with Gasteiger partial charge in [-0.05, 0) is 20.8 Å². The summed E-state index contributed by atoms with van der Waals surface area (Å²) < 4.78 is 0. The third kappa shape index (κ3) is 4.00. The van der Waals surface area contributed by atoms with Crippen LogP contribution in [0.1, 0.15) is 34.6 Å². The van der Waals surface area contributed by atoms with Crippen LogP contribution in [-0.4, -0.2) is 22.5 Å². The molecule has 1 heterocycles. The summed E-state index contributed by atoms with van der Waals surface area (Å²) >= 11 is 0. The first-order valence-corrected chi connectivity index (χ1v) is 5.32. The maximum Gasteiger partial charge on any atom is 0.115 e. The molecule has 0 aromatic rings. The summed E-state index contributed by atoms with van der Waals surface area (Å²) in [5.74, 6) is 0. The van der Waals surface area contributed by atoms with Crippen molar-refractivity contribution in [1.29, 1.82) is 0 Å². The molecule has 1 aliphatic rings. The molecule has 1 N–H and O–H groups in total. The van der Waals surface area contributed by atoms with E-state index in [9.17, 15) is 5.11 Å². The van der Waals surface area contributed by atoms with Gasteiger partial charge in [0.1, 0.15) is 5.60 Å². The summed E-state index contributed by atoms with van der Waals surface area (Å²) in [6, 6.07) is 0. The zero-order valence-corrected chi connectivity index (χ0v) is 10.3. The van der Waals surface area contributed by atoms with Gasteiger partial charge in [0.25, 0.3) is 0 Å². The average Bonchev–Trinajstić information content (AvgIpc) is 2.12. The smallest absolute Gasteiger partial charge is 0.115 e. The first-order chi connectivity index (χ1) is 6.62. The molecule has 1 unspecified atom stereocenters. The summed E-state index contributed by atoms with van der Waals surface area (Å²) in [4.78, 5) is 4.38. The van der Waals surface area contributed by atoms with E-state index in [0.29, 0.717) is 0 Å². The fraction of sp³-hybridized carbons (Fsp3) is 0.615. The lowest BCUT2D eigenvalue weighted by Gasteiger charge is -2.18. The Morgan fingerprint density at radius 1 is 0.867 bits per heavy atom. The zero-order valence-electron chi connectivity index (χ0n) is 10.3. The highest BCUT2D eigenvalue weighted by Crippen LogP contribution is 2.25. The van der Waals surface area contributed by atoms with Gasteiger partial charge < -0.3 is 5.11 Å². The van der Waals surface area contributed by atoms with Crippen LogP contribution in [0.2, 0.25) is 0 Å². The molecule has 0 bridgehead atoms. The molecule has 2 nitrogen and oxygen atoms in total. The Balaban J connectivity index is 3.14. The fourth-order valence-electron chi connectivity index (χ4n) is 1.24. The number of nitrogens with zero attached hydrogens (tertiary/aromatic N) is 1. The van der Waals surface area contributed by atoms with E-state index in [2.05, 4.69) is 31.0 Å². The first-order valence-electron chi connectivity index (χ1n) is 5.32. The second kappa shape index (κ2) is 3.60. The number of allylic oxidation sites excluding steroid dienone is 2. The van der Waals surface area contributed by atoms with Gasteiger partial charge in [-0.15, -0.1) is 0 Å². The number of aliphatic hydroxyl groups is 1. The van der Waals surface area contributed by atoms with Crippen molar-refractivity contribution in [3.63, 3.8) is 0 Å². The number of hydrogen-bond acceptors (Lipinski definition) is 2. The Morgan fingerprint density at radius 2 is 1.40 bits per heavy atom. The van der Waals surface area contributed by atoms with E-state index in [4.69, 9.17) is 0 Å². The molecule has 0 saturated heterocycles. The number of hydrogen-bond donors (Lipinski definition) is 1. The van der Waals surface area contributed by atoms with E-state index in [1.165, 1.54) is 0 Å². The molecule has 0 radical (unpaired) electrons. The highest BCUT2D eigenvalue weighted by molar-refractivity contribution is 5.71. The third-order valence-electron chi connectivity index (χ3n) is 2.43. The third-order valence-corrected chi connectivity index (χ3v) is 2.43. The van der Waals surface area contributed by atoms with Gasteiger partial charge in [0.05, 0.1) is 5.54 Å². The largest absolute Gasteiger partial charge is 0.380 e. The minimum Gasteiger partial charge on any atom is -0.380 e. The van der Waals surface area contributed by atoms with Crippen molar-refractivity contribution in [2.75, 3.05) is 0 Å². The molecule has 0 fully saturated rings. The topological polar surface area (TPSA) is 32.6 Å². The van der Waals surface area contributed by atoms with E-state index in [-0.39, 0.29) is 11.0 Å². The monoisotopic (exact) mass is 207 g/mol. The fourth-order valence-corrected chi connectivity index (χ4v) is 1.24. The molecule has 1 aliphatic heterocycles. The minimum absolute atomic E-state index is 0.0467. The summed E-state index contributed by atoms with van der Waals surface area (Å²) in [6.07, 6.45) is 9.62. The van der Waals surface area contributed by atoms with Crippen LogP contribution in [0.4, 0.5) is 0 Å². The van der Waals surface area contributed by atoms with Crippen molar-refractivity contribution in [3.05, 3.63) is 24.3 Å². The molecular weight excluding hydrogens is 186 g/mol. The Hall–Kier alpha value is -0.890. The second-order valence-corrected chi connectivity index (χ2v) is 5.63. The SMILES string of the molecule is CC1(C)C=CC(C)(C)N=CC(C)(O)/C=C\1. The van der Waals surface area contributed by atoms with Gasteiger partial charge in [-0.25, -0.2) is 0 Å². The Labute approximate surface area is 92.4 Å². The minimum atomic E-state index is -0.958. The van der Waals surface area contributed by atoms with E-state index in [1.807, 2.05) is 19.9 Å². The molecule has 0 amide bonds. The summed E-state index contributed by atoms with van der Waals surface area (Å²) in [5.41, 5.74) is -1.26. The van der Waals surface area contributed by atoms with Crippen LogP contribution in [0.5, 0.6) is 0 Å². The molecule has 0 aromatic carbocycles. The maximum absolute atomic E-state index is 10.0. The Morgan fingerprint density at radius 3 is 2.00 bits per heavy atom. The van der Waals surface area contributed by atoms with Crippen molar-refractivity contribution in [1.82, 2.24) is 0 Å². The molecule has 0 spiro atoms. The van der Waals surface area contributed by atoms with Crippen molar-refractivity contribution in [2.45, 2.75) is 45.8 Å². The average molecular weight is 207 g/mol. The van der Waals surface area contributed by atoms with Gasteiger partial charge in [-0.3, -0.25) is 4.99 Å². The Kier molecular flexibility index (Phi) is 2.92. The highest BCUT2D eigenvalue weighted by atomic mass is 16.3. The van der Waals surface area contributed by atoms with Crippen LogP contribution < -0.4 is 0 Å². The summed E-state index contributed by atoms with van der Waals surface area (Å²) in [5, 5.41) is 10.0. The molecule has 1 rings (SSSR count). The predicted octanol–water partition coefficient (Wildman–Crippen LogP) is 2.74. The zero-order chi connectivity index (χ0) is 11.7. The standard InChI is InChI=1S/C13H21NO/c1-11(2)6-8-12(3,4)14-10-13(5,15)9-7-11/h6-10,15H,1-5H3/b8-6?,9-7-,14-10?. The van der Waals surface area contributed by atoms with Crippen LogP contribution in [0.3, 0.4) is 0 Å². The summed E-state index contributed by atoms with van der Waals surface area (Å²) in [7, 11) is 0. The van der Waals surface area contributed by atoms with Gasteiger partial charge in [0.15, 0.2) is 0 Å². The van der Waals surface area contributed by atoms with E-state index < -0.39 is 5.60 Å². The molecule has 84 valence electrons. The molecule has 0 aliphatic carbocycles. The van der Waals surface area contributed by atoms with Crippen molar-refractivity contribution in [3.8, 4) is 0 Å². The van der Waals surface area contributed by atoms with Gasteiger partial charge >= 0.3 is 0 Å². The quantitative estimate of drug-likeness (QED) is 0.609. The van der Waals surface area contributed by atoms with Gasteiger partial charge in [0.2, 0.25) is 0 Å². The lowest BCUT2D eigenvalue weighted by molar-refractivity contribution is 0.188. The van der Waals surface area contributed by atoms with Crippen LogP contribution in [0.15, 0.2) is 29.3 Å². The first kappa shape index (κ1) is 12.2. The molecular formula is C13H21NO. The highest BCUT2D eigenvalue weighted by Gasteiger charge is 2.21. The predicted molar refractivity (Wildman–Crippen MR) is 65.3 cm³/mol. The molecule has 0 aromatic heterocycles. The van der Waals surface area contributed by atoms with Crippen molar-refractivity contribution < 1.29 is 5.11 Å². The van der Waals surface area contributed by atoms with E-state index in [1.54, 1.807) is 19.2 Å². The lowest BCUT2D eigenvalue weighted by Crippen LogP contribution is -2.25. The van der Waals surface area contributed by atoms with Crippen molar-refractivity contribution in [2.24, 2.45) is 10.4 Å². The molecule has 0 saturated carbocycles.